The van der Waals surface area contributed by atoms with Crippen LogP contribution in [0.3, 0.4) is 0 Å². The summed E-state index contributed by atoms with van der Waals surface area (Å²) in [6.45, 7) is 17.7. The van der Waals surface area contributed by atoms with Crippen LogP contribution >= 0.6 is 0 Å². The Labute approximate surface area is 127 Å². The molecule has 0 aromatic carbocycles. The normalized spacial score (nSPS) is 25.8. The second kappa shape index (κ2) is 8.35. The van der Waals surface area contributed by atoms with Gasteiger partial charge >= 0.3 is 0 Å². The molecule has 3 heteroatoms. The minimum absolute atomic E-state index is 0.436. The van der Waals surface area contributed by atoms with Gasteiger partial charge in [-0.1, -0.05) is 34.6 Å². The van der Waals surface area contributed by atoms with E-state index in [-0.39, 0.29) is 0 Å². The SMILES string of the molecule is CCN(CC)CCCN(CC)C1CCC(C)(C)C1NC. The smallest absolute Gasteiger partial charge is 0.0271 e. The Kier molecular flexibility index (Phi) is 7.49. The van der Waals surface area contributed by atoms with Gasteiger partial charge in [0.05, 0.1) is 0 Å². The Hall–Kier alpha value is -0.120. The second-order valence-corrected chi connectivity index (χ2v) is 6.87. The summed E-state index contributed by atoms with van der Waals surface area (Å²) in [7, 11) is 2.13. The summed E-state index contributed by atoms with van der Waals surface area (Å²) >= 11 is 0. The molecular formula is C17H37N3. The van der Waals surface area contributed by atoms with E-state index in [4.69, 9.17) is 0 Å². The molecule has 1 aliphatic rings. The number of hydrogen-bond acceptors (Lipinski definition) is 3. The van der Waals surface area contributed by atoms with Crippen LogP contribution in [0.25, 0.3) is 0 Å². The van der Waals surface area contributed by atoms with Crippen LogP contribution in [0.2, 0.25) is 0 Å². The van der Waals surface area contributed by atoms with Crippen LogP contribution in [0.15, 0.2) is 0 Å². The number of likely N-dealkylation sites (N-methyl/N-ethyl adjacent to an activating group) is 2. The van der Waals surface area contributed by atoms with Crippen LogP contribution in [0.5, 0.6) is 0 Å². The lowest BCUT2D eigenvalue weighted by Gasteiger charge is -2.37. The van der Waals surface area contributed by atoms with Gasteiger partial charge in [0, 0.05) is 12.1 Å². The monoisotopic (exact) mass is 283 g/mol. The van der Waals surface area contributed by atoms with Crippen LogP contribution in [0.1, 0.15) is 53.9 Å². The lowest BCUT2D eigenvalue weighted by molar-refractivity contribution is 0.146. The first-order valence-electron chi connectivity index (χ1n) is 8.63. The van der Waals surface area contributed by atoms with E-state index in [0.29, 0.717) is 11.5 Å². The molecule has 0 aliphatic heterocycles. The molecule has 0 aromatic rings. The molecule has 1 N–H and O–H groups in total. The molecular weight excluding hydrogens is 246 g/mol. The summed E-state index contributed by atoms with van der Waals surface area (Å²) in [5.41, 5.74) is 0.436. The van der Waals surface area contributed by atoms with Gasteiger partial charge in [-0.3, -0.25) is 4.90 Å². The maximum Gasteiger partial charge on any atom is 0.0271 e. The third-order valence-electron chi connectivity index (χ3n) is 5.31. The zero-order chi connectivity index (χ0) is 15.2. The Bertz CT molecular complexity index is 261. The van der Waals surface area contributed by atoms with Crippen LogP contribution in [0, 0.1) is 5.41 Å². The molecule has 3 nitrogen and oxygen atoms in total. The molecule has 0 spiro atoms. The van der Waals surface area contributed by atoms with Crippen molar-refractivity contribution in [3.8, 4) is 0 Å². The molecule has 20 heavy (non-hydrogen) atoms. The van der Waals surface area contributed by atoms with Gasteiger partial charge in [0.25, 0.3) is 0 Å². The summed E-state index contributed by atoms with van der Waals surface area (Å²) in [5, 5.41) is 3.59. The van der Waals surface area contributed by atoms with Gasteiger partial charge in [0.15, 0.2) is 0 Å². The van der Waals surface area contributed by atoms with Gasteiger partial charge in [0.1, 0.15) is 0 Å². The van der Waals surface area contributed by atoms with Gasteiger partial charge in [-0.05, 0) is 64.4 Å². The fraction of sp³-hybridized carbons (Fsp3) is 1.00. The minimum atomic E-state index is 0.436. The molecule has 1 fully saturated rings. The summed E-state index contributed by atoms with van der Waals surface area (Å²) in [4.78, 5) is 5.24. The van der Waals surface area contributed by atoms with Crippen molar-refractivity contribution in [3.63, 3.8) is 0 Å². The molecule has 2 atom stereocenters. The first kappa shape index (κ1) is 17.9. The number of hydrogen-bond donors (Lipinski definition) is 1. The van der Waals surface area contributed by atoms with E-state index in [1.54, 1.807) is 0 Å². The highest BCUT2D eigenvalue weighted by Crippen LogP contribution is 2.39. The van der Waals surface area contributed by atoms with E-state index in [1.165, 1.54) is 52.0 Å². The largest absolute Gasteiger partial charge is 0.315 e. The van der Waals surface area contributed by atoms with Gasteiger partial charge in [-0.2, -0.15) is 0 Å². The molecule has 120 valence electrons. The average molecular weight is 284 g/mol. The molecule has 0 aromatic heterocycles. The molecule has 1 aliphatic carbocycles. The summed E-state index contributed by atoms with van der Waals surface area (Å²) in [6.07, 6.45) is 3.98. The van der Waals surface area contributed by atoms with Gasteiger partial charge in [-0.25, -0.2) is 0 Å². The molecule has 0 radical (unpaired) electrons. The van der Waals surface area contributed by atoms with E-state index >= 15 is 0 Å². The Morgan fingerprint density at radius 2 is 1.70 bits per heavy atom. The molecule has 0 amide bonds. The lowest BCUT2D eigenvalue weighted by Crippen LogP contribution is -2.51. The first-order chi connectivity index (χ1) is 9.50. The Morgan fingerprint density at radius 3 is 2.20 bits per heavy atom. The van der Waals surface area contributed by atoms with Gasteiger partial charge < -0.3 is 10.2 Å². The van der Waals surface area contributed by atoms with E-state index in [9.17, 15) is 0 Å². The van der Waals surface area contributed by atoms with Crippen LogP contribution < -0.4 is 5.32 Å². The van der Waals surface area contributed by atoms with Gasteiger partial charge in [0.2, 0.25) is 0 Å². The standard InChI is InChI=1S/C17H37N3/c1-7-19(8-2)13-10-14-20(9-3)15-11-12-17(4,5)16(15)18-6/h15-16,18H,7-14H2,1-6H3. The molecule has 1 rings (SSSR count). The van der Waals surface area contributed by atoms with Crippen molar-refractivity contribution in [1.82, 2.24) is 15.1 Å². The number of rotatable bonds is 9. The zero-order valence-electron chi connectivity index (χ0n) is 14.7. The zero-order valence-corrected chi connectivity index (χ0v) is 14.7. The molecule has 0 saturated heterocycles. The Balaban J connectivity index is 2.50. The maximum atomic E-state index is 3.59. The summed E-state index contributed by atoms with van der Waals surface area (Å²) < 4.78 is 0. The lowest BCUT2D eigenvalue weighted by atomic mass is 9.86. The van der Waals surface area contributed by atoms with Crippen molar-refractivity contribution in [2.75, 3.05) is 39.8 Å². The summed E-state index contributed by atoms with van der Waals surface area (Å²) in [5.74, 6) is 0. The molecule has 0 bridgehead atoms. The fourth-order valence-corrected chi connectivity index (χ4v) is 3.94. The third-order valence-corrected chi connectivity index (χ3v) is 5.31. The molecule has 1 saturated carbocycles. The van der Waals surface area contributed by atoms with Crippen molar-refractivity contribution in [1.29, 1.82) is 0 Å². The predicted octanol–water partition coefficient (Wildman–Crippen LogP) is 2.82. The number of nitrogens with one attached hydrogen (secondary N) is 1. The quantitative estimate of drug-likeness (QED) is 0.702. The van der Waals surface area contributed by atoms with Crippen molar-refractivity contribution in [2.45, 2.75) is 66.0 Å². The number of nitrogens with zero attached hydrogens (tertiary/aromatic N) is 2. The molecule has 2 unspecified atom stereocenters. The second-order valence-electron chi connectivity index (χ2n) is 6.87. The van der Waals surface area contributed by atoms with E-state index < -0.39 is 0 Å². The minimum Gasteiger partial charge on any atom is -0.315 e. The van der Waals surface area contributed by atoms with E-state index in [2.05, 4.69) is 56.8 Å². The van der Waals surface area contributed by atoms with E-state index in [0.717, 1.165) is 6.04 Å². The summed E-state index contributed by atoms with van der Waals surface area (Å²) in [6, 6.07) is 1.35. The third kappa shape index (κ3) is 4.44. The van der Waals surface area contributed by atoms with Crippen LogP contribution in [-0.4, -0.2) is 61.7 Å². The predicted molar refractivity (Wildman–Crippen MR) is 89.3 cm³/mol. The van der Waals surface area contributed by atoms with Crippen molar-refractivity contribution < 1.29 is 0 Å². The first-order valence-corrected chi connectivity index (χ1v) is 8.63. The average Bonchev–Trinajstić information content (AvgIpc) is 2.74. The Morgan fingerprint density at radius 1 is 1.05 bits per heavy atom. The van der Waals surface area contributed by atoms with Crippen molar-refractivity contribution >= 4 is 0 Å². The fourth-order valence-electron chi connectivity index (χ4n) is 3.94. The van der Waals surface area contributed by atoms with Gasteiger partial charge in [-0.15, -0.1) is 0 Å². The maximum absolute atomic E-state index is 3.59. The topological polar surface area (TPSA) is 18.5 Å². The van der Waals surface area contributed by atoms with Crippen molar-refractivity contribution in [2.24, 2.45) is 5.41 Å². The highest BCUT2D eigenvalue weighted by Gasteiger charge is 2.42. The highest BCUT2D eigenvalue weighted by molar-refractivity contribution is 5.00. The van der Waals surface area contributed by atoms with Crippen molar-refractivity contribution in [3.05, 3.63) is 0 Å². The molecule has 0 heterocycles. The highest BCUT2D eigenvalue weighted by atomic mass is 15.2. The van der Waals surface area contributed by atoms with E-state index in [1.807, 2.05) is 0 Å². The van der Waals surface area contributed by atoms with Crippen LogP contribution in [0.4, 0.5) is 0 Å². The van der Waals surface area contributed by atoms with Crippen LogP contribution in [-0.2, 0) is 0 Å².